The fourth-order valence-electron chi connectivity index (χ4n) is 2.63. The molecule has 0 fully saturated rings. The number of carbonyl (C=O) groups excluding carboxylic acids is 2. The van der Waals surface area contributed by atoms with Crippen LogP contribution in [0.3, 0.4) is 0 Å². The predicted octanol–water partition coefficient (Wildman–Crippen LogP) is 1.03. The molecule has 2 aromatic rings. The number of aldehydes is 1. The Morgan fingerprint density at radius 3 is 2.66 bits per heavy atom. The van der Waals surface area contributed by atoms with Crippen LogP contribution in [0.2, 0.25) is 0 Å². The lowest BCUT2D eigenvalue weighted by molar-refractivity contribution is -0.128. The first kappa shape index (κ1) is 22.6. The highest BCUT2D eigenvalue weighted by molar-refractivity contribution is 5.78. The molecular formula is C19H28N6O4. The molecule has 0 spiro atoms. The normalized spacial score (nSPS) is 12.0. The molecule has 0 saturated carbocycles. The molecule has 0 bridgehead atoms. The van der Waals surface area contributed by atoms with Gasteiger partial charge in [-0.1, -0.05) is 5.21 Å². The molecule has 0 aliphatic rings. The van der Waals surface area contributed by atoms with Crippen molar-refractivity contribution in [1.29, 1.82) is 0 Å². The number of nitrogens with zero attached hydrogens (tertiary/aromatic N) is 5. The minimum Gasteiger partial charge on any atom is -0.374 e. The van der Waals surface area contributed by atoms with Crippen molar-refractivity contribution < 1.29 is 19.1 Å². The second-order valence-corrected chi connectivity index (χ2v) is 7.90. The molecule has 2 heterocycles. The molecule has 2 rings (SSSR count). The lowest BCUT2D eigenvalue weighted by Crippen LogP contribution is -2.46. The molecule has 0 aromatic carbocycles. The summed E-state index contributed by atoms with van der Waals surface area (Å²) in [6, 6.07) is 0. The molecule has 29 heavy (non-hydrogen) atoms. The van der Waals surface area contributed by atoms with Gasteiger partial charge in [0.2, 0.25) is 5.91 Å². The smallest absolute Gasteiger partial charge is 0.246 e. The maximum absolute atomic E-state index is 11.8. The lowest BCUT2D eigenvalue weighted by atomic mass is 10.0. The first-order valence-electron chi connectivity index (χ1n) is 9.33. The molecule has 10 heteroatoms. The summed E-state index contributed by atoms with van der Waals surface area (Å²) in [6.45, 7) is 8.49. The largest absolute Gasteiger partial charge is 0.374 e. The number of hydrogen-bond donors (Lipinski definition) is 1. The van der Waals surface area contributed by atoms with E-state index in [9.17, 15) is 9.59 Å². The quantitative estimate of drug-likeness (QED) is 0.411. The van der Waals surface area contributed by atoms with E-state index >= 15 is 0 Å². The van der Waals surface area contributed by atoms with Crippen LogP contribution in [0.5, 0.6) is 0 Å². The summed E-state index contributed by atoms with van der Waals surface area (Å²) in [6.07, 6.45) is 7.88. The minimum atomic E-state index is -0.481. The number of rotatable bonds is 12. The van der Waals surface area contributed by atoms with Gasteiger partial charge in [-0.15, -0.1) is 5.10 Å². The third-order valence-corrected chi connectivity index (χ3v) is 4.05. The van der Waals surface area contributed by atoms with Crippen molar-refractivity contribution in [3.63, 3.8) is 0 Å². The van der Waals surface area contributed by atoms with E-state index in [1.807, 2.05) is 33.9 Å². The first-order valence-corrected chi connectivity index (χ1v) is 9.33. The topological polar surface area (TPSA) is 121 Å². The van der Waals surface area contributed by atoms with Crippen LogP contribution in [-0.4, -0.2) is 68.1 Å². The minimum absolute atomic E-state index is 0.0908. The fraction of sp³-hybridized carbons (Fsp3) is 0.579. The molecule has 0 atom stereocenters. The zero-order valence-corrected chi connectivity index (χ0v) is 17.3. The molecule has 2 aromatic heterocycles. The highest BCUT2D eigenvalue weighted by Gasteiger charge is 2.24. The Kier molecular flexibility index (Phi) is 7.91. The van der Waals surface area contributed by atoms with Gasteiger partial charge in [-0.25, -0.2) is 14.6 Å². The van der Waals surface area contributed by atoms with Crippen LogP contribution in [0.1, 0.15) is 34.1 Å². The van der Waals surface area contributed by atoms with E-state index in [0.29, 0.717) is 31.6 Å². The Bertz CT molecular complexity index is 791. The zero-order chi connectivity index (χ0) is 21.3. The Labute approximate surface area is 170 Å². The van der Waals surface area contributed by atoms with Gasteiger partial charge in [-0.3, -0.25) is 4.79 Å². The monoisotopic (exact) mass is 404 g/mol. The fourth-order valence-corrected chi connectivity index (χ4v) is 2.63. The van der Waals surface area contributed by atoms with Crippen LogP contribution < -0.4 is 5.32 Å². The second-order valence-electron chi connectivity index (χ2n) is 7.90. The third kappa shape index (κ3) is 8.04. The van der Waals surface area contributed by atoms with E-state index < -0.39 is 11.1 Å². The van der Waals surface area contributed by atoms with Crippen LogP contribution >= 0.6 is 0 Å². The first-order chi connectivity index (χ1) is 13.7. The highest BCUT2D eigenvalue weighted by Crippen LogP contribution is 2.18. The van der Waals surface area contributed by atoms with Gasteiger partial charge in [0.25, 0.3) is 0 Å². The van der Waals surface area contributed by atoms with Crippen molar-refractivity contribution in [2.75, 3.05) is 19.8 Å². The maximum atomic E-state index is 11.8. The average Bonchev–Trinajstić information content (AvgIpc) is 3.09. The number of nitrogens with one attached hydrogen (secondary N) is 1. The van der Waals surface area contributed by atoms with E-state index in [4.69, 9.17) is 9.47 Å². The molecule has 0 aliphatic heterocycles. The van der Waals surface area contributed by atoms with Crippen LogP contribution in [0.4, 0.5) is 0 Å². The predicted molar refractivity (Wildman–Crippen MR) is 105 cm³/mol. The maximum Gasteiger partial charge on any atom is 0.246 e. The summed E-state index contributed by atoms with van der Waals surface area (Å²) in [5.74, 6) is -0.267. The summed E-state index contributed by atoms with van der Waals surface area (Å²) in [7, 11) is 0. The summed E-state index contributed by atoms with van der Waals surface area (Å²) >= 11 is 0. The van der Waals surface area contributed by atoms with Crippen LogP contribution in [-0.2, 0) is 25.6 Å². The second kappa shape index (κ2) is 10.2. The molecule has 1 amide bonds. The van der Waals surface area contributed by atoms with Gasteiger partial charge in [0.15, 0.2) is 0 Å². The molecule has 0 aliphatic carbocycles. The van der Waals surface area contributed by atoms with E-state index in [0.717, 1.165) is 5.56 Å². The van der Waals surface area contributed by atoms with E-state index in [1.165, 1.54) is 6.33 Å². The van der Waals surface area contributed by atoms with Crippen LogP contribution in [0.25, 0.3) is 11.3 Å². The van der Waals surface area contributed by atoms with E-state index in [2.05, 4.69) is 25.6 Å². The van der Waals surface area contributed by atoms with Crippen molar-refractivity contribution >= 4 is 12.2 Å². The number of hydrogen-bond acceptors (Lipinski definition) is 8. The molecule has 1 N–H and O–H groups in total. The molecular weight excluding hydrogens is 376 g/mol. The summed E-state index contributed by atoms with van der Waals surface area (Å²) in [5.41, 5.74) is 0.547. The number of aromatic nitrogens is 5. The SMILES string of the molecule is CC(C)(CCOC(C)(C)Cn1cc(-c2cncnc2)nn1)NC(=O)COCC=O. The van der Waals surface area contributed by atoms with Crippen LogP contribution in [0, 0.1) is 0 Å². The molecule has 0 saturated heterocycles. The number of carbonyl (C=O) groups is 2. The van der Waals surface area contributed by atoms with Gasteiger partial charge in [0.05, 0.1) is 18.3 Å². The Hall–Kier alpha value is -2.72. The summed E-state index contributed by atoms with van der Waals surface area (Å²) < 4.78 is 12.7. The van der Waals surface area contributed by atoms with Gasteiger partial charge in [0, 0.05) is 30.1 Å². The lowest BCUT2D eigenvalue weighted by Gasteiger charge is -2.30. The molecule has 10 nitrogen and oxygen atoms in total. The van der Waals surface area contributed by atoms with E-state index in [-0.39, 0.29) is 19.1 Å². The van der Waals surface area contributed by atoms with Gasteiger partial charge in [0.1, 0.15) is 31.5 Å². The highest BCUT2D eigenvalue weighted by atomic mass is 16.5. The van der Waals surface area contributed by atoms with Gasteiger partial charge < -0.3 is 19.6 Å². The molecule has 158 valence electrons. The van der Waals surface area contributed by atoms with Gasteiger partial charge in [-0.2, -0.15) is 0 Å². The zero-order valence-electron chi connectivity index (χ0n) is 17.3. The van der Waals surface area contributed by atoms with Gasteiger partial charge in [-0.05, 0) is 34.1 Å². The van der Waals surface area contributed by atoms with Crippen molar-refractivity contribution in [2.24, 2.45) is 0 Å². The molecule has 0 unspecified atom stereocenters. The van der Waals surface area contributed by atoms with Crippen molar-refractivity contribution in [3.8, 4) is 11.3 Å². The Balaban J connectivity index is 1.80. The summed E-state index contributed by atoms with van der Waals surface area (Å²) in [4.78, 5) is 30.0. The Morgan fingerprint density at radius 1 is 1.24 bits per heavy atom. The standard InChI is InChI=1S/C19H28N6O4/c1-18(2,22-17(27)12-28-8-6-26)5-7-29-19(3,4)13-25-11-16(23-24-25)15-9-20-14-21-10-15/h6,9-11,14H,5,7-8,12-13H2,1-4H3,(H,22,27). The average molecular weight is 404 g/mol. The summed E-state index contributed by atoms with van der Waals surface area (Å²) in [5, 5.41) is 11.2. The van der Waals surface area contributed by atoms with Crippen LogP contribution in [0.15, 0.2) is 24.9 Å². The number of amides is 1. The van der Waals surface area contributed by atoms with E-state index in [1.54, 1.807) is 17.1 Å². The van der Waals surface area contributed by atoms with Crippen molar-refractivity contribution in [2.45, 2.75) is 51.8 Å². The van der Waals surface area contributed by atoms with Crippen molar-refractivity contribution in [1.82, 2.24) is 30.3 Å². The van der Waals surface area contributed by atoms with Crippen molar-refractivity contribution in [3.05, 3.63) is 24.9 Å². The van der Waals surface area contributed by atoms with Gasteiger partial charge >= 0.3 is 0 Å². The third-order valence-electron chi connectivity index (χ3n) is 4.05. The Morgan fingerprint density at radius 2 is 1.97 bits per heavy atom. The number of ether oxygens (including phenoxy) is 2. The molecule has 0 radical (unpaired) electrons.